The topological polar surface area (TPSA) is 24.5 Å². The van der Waals surface area contributed by atoms with Crippen LogP contribution in [0.2, 0.25) is 0 Å². The Labute approximate surface area is 87.8 Å². The number of morpholine rings is 1. The van der Waals surface area contributed by atoms with Gasteiger partial charge in [0, 0.05) is 32.2 Å². The SMILES string of the molecule is CC.CC(C)N1CCOC2(CNC2)C1. The molecule has 1 spiro atoms. The zero-order valence-corrected chi connectivity index (χ0v) is 9.97. The molecule has 0 bridgehead atoms. The van der Waals surface area contributed by atoms with E-state index in [0.717, 1.165) is 32.8 Å². The van der Waals surface area contributed by atoms with Gasteiger partial charge in [-0.2, -0.15) is 0 Å². The highest BCUT2D eigenvalue weighted by molar-refractivity contribution is 4.99. The van der Waals surface area contributed by atoms with Gasteiger partial charge in [-0.3, -0.25) is 4.90 Å². The van der Waals surface area contributed by atoms with Crippen LogP contribution in [0.4, 0.5) is 0 Å². The lowest BCUT2D eigenvalue weighted by molar-refractivity contribution is -0.141. The quantitative estimate of drug-likeness (QED) is 0.686. The van der Waals surface area contributed by atoms with E-state index in [1.165, 1.54) is 0 Å². The van der Waals surface area contributed by atoms with Crippen LogP contribution in [0, 0.1) is 0 Å². The molecule has 14 heavy (non-hydrogen) atoms. The average molecular weight is 200 g/mol. The van der Waals surface area contributed by atoms with E-state index in [-0.39, 0.29) is 5.60 Å². The molecule has 0 radical (unpaired) electrons. The molecule has 0 amide bonds. The van der Waals surface area contributed by atoms with Gasteiger partial charge in [0.25, 0.3) is 0 Å². The highest BCUT2D eigenvalue weighted by Crippen LogP contribution is 2.23. The normalized spacial score (nSPS) is 25.5. The van der Waals surface area contributed by atoms with Crippen molar-refractivity contribution in [3.8, 4) is 0 Å². The number of rotatable bonds is 1. The van der Waals surface area contributed by atoms with Gasteiger partial charge < -0.3 is 10.1 Å². The minimum atomic E-state index is 0.169. The summed E-state index contributed by atoms with van der Waals surface area (Å²) < 4.78 is 5.78. The lowest BCUT2D eigenvalue weighted by Crippen LogP contribution is -2.69. The second kappa shape index (κ2) is 5.10. The molecule has 1 N–H and O–H groups in total. The van der Waals surface area contributed by atoms with E-state index in [1.807, 2.05) is 13.8 Å². The van der Waals surface area contributed by atoms with Crippen LogP contribution in [-0.2, 0) is 4.74 Å². The third-order valence-electron chi connectivity index (χ3n) is 2.90. The average Bonchev–Trinajstić information content (AvgIpc) is 2.19. The molecule has 3 heteroatoms. The van der Waals surface area contributed by atoms with E-state index in [9.17, 15) is 0 Å². The third kappa shape index (κ3) is 2.47. The van der Waals surface area contributed by atoms with Gasteiger partial charge in [0.2, 0.25) is 0 Å². The molecule has 0 aromatic heterocycles. The fourth-order valence-corrected chi connectivity index (χ4v) is 1.93. The largest absolute Gasteiger partial charge is 0.370 e. The number of hydrogen-bond acceptors (Lipinski definition) is 3. The maximum Gasteiger partial charge on any atom is 0.106 e. The first kappa shape index (κ1) is 12.0. The van der Waals surface area contributed by atoms with E-state index in [4.69, 9.17) is 4.74 Å². The van der Waals surface area contributed by atoms with Crippen LogP contribution in [0.25, 0.3) is 0 Å². The van der Waals surface area contributed by atoms with Gasteiger partial charge in [-0.25, -0.2) is 0 Å². The van der Waals surface area contributed by atoms with Crippen LogP contribution in [0.3, 0.4) is 0 Å². The van der Waals surface area contributed by atoms with Gasteiger partial charge in [-0.05, 0) is 13.8 Å². The Morgan fingerprint density at radius 3 is 2.36 bits per heavy atom. The second-order valence-corrected chi connectivity index (χ2v) is 4.20. The van der Waals surface area contributed by atoms with Gasteiger partial charge >= 0.3 is 0 Å². The lowest BCUT2D eigenvalue weighted by atomic mass is 9.94. The van der Waals surface area contributed by atoms with Crippen molar-refractivity contribution in [1.82, 2.24) is 10.2 Å². The van der Waals surface area contributed by atoms with Crippen molar-refractivity contribution in [2.24, 2.45) is 0 Å². The van der Waals surface area contributed by atoms with Crippen molar-refractivity contribution in [2.75, 3.05) is 32.8 Å². The maximum atomic E-state index is 5.78. The standard InChI is InChI=1S/C9H18N2O.C2H6/c1-8(2)11-3-4-12-9(7-11)5-10-6-9;1-2/h8,10H,3-7H2,1-2H3;1-2H3. The minimum Gasteiger partial charge on any atom is -0.370 e. The fourth-order valence-electron chi connectivity index (χ4n) is 1.93. The summed E-state index contributed by atoms with van der Waals surface area (Å²) in [7, 11) is 0. The van der Waals surface area contributed by atoms with E-state index in [1.54, 1.807) is 0 Å². The van der Waals surface area contributed by atoms with Gasteiger partial charge in [-0.15, -0.1) is 0 Å². The van der Waals surface area contributed by atoms with Crippen LogP contribution in [0.15, 0.2) is 0 Å². The maximum absolute atomic E-state index is 5.78. The smallest absolute Gasteiger partial charge is 0.106 e. The van der Waals surface area contributed by atoms with Crippen molar-refractivity contribution in [1.29, 1.82) is 0 Å². The van der Waals surface area contributed by atoms with Gasteiger partial charge in [-0.1, -0.05) is 13.8 Å². The molecule has 0 saturated carbocycles. The van der Waals surface area contributed by atoms with Crippen LogP contribution < -0.4 is 5.32 Å². The van der Waals surface area contributed by atoms with Crippen molar-refractivity contribution in [3.63, 3.8) is 0 Å². The molecule has 0 aromatic carbocycles. The molecule has 2 aliphatic heterocycles. The summed E-state index contributed by atoms with van der Waals surface area (Å²) in [6, 6.07) is 0.659. The van der Waals surface area contributed by atoms with E-state index in [2.05, 4.69) is 24.1 Å². The molecule has 2 aliphatic rings. The van der Waals surface area contributed by atoms with Gasteiger partial charge in [0.1, 0.15) is 5.60 Å². The van der Waals surface area contributed by atoms with Crippen molar-refractivity contribution in [2.45, 2.75) is 39.3 Å². The molecule has 2 fully saturated rings. The van der Waals surface area contributed by atoms with Crippen molar-refractivity contribution < 1.29 is 4.74 Å². The Morgan fingerprint density at radius 1 is 1.29 bits per heavy atom. The van der Waals surface area contributed by atoms with Gasteiger partial charge in [0.05, 0.1) is 6.61 Å². The summed E-state index contributed by atoms with van der Waals surface area (Å²) in [5.41, 5.74) is 0.169. The minimum absolute atomic E-state index is 0.169. The highest BCUT2D eigenvalue weighted by Gasteiger charge is 2.42. The van der Waals surface area contributed by atoms with Gasteiger partial charge in [0.15, 0.2) is 0 Å². The number of nitrogens with one attached hydrogen (secondary N) is 1. The summed E-state index contributed by atoms with van der Waals surface area (Å²) in [6.07, 6.45) is 0. The molecular formula is C11H24N2O. The van der Waals surface area contributed by atoms with Crippen LogP contribution in [0.5, 0.6) is 0 Å². The second-order valence-electron chi connectivity index (χ2n) is 4.20. The Hall–Kier alpha value is -0.120. The first-order chi connectivity index (χ1) is 6.72. The molecule has 84 valence electrons. The molecule has 0 aromatic rings. The first-order valence-corrected chi connectivity index (χ1v) is 5.81. The Kier molecular flexibility index (Phi) is 4.35. The summed E-state index contributed by atoms with van der Waals surface area (Å²) in [4.78, 5) is 2.50. The number of nitrogens with zero attached hydrogens (tertiary/aromatic N) is 1. The zero-order chi connectivity index (χ0) is 10.6. The highest BCUT2D eigenvalue weighted by atomic mass is 16.5. The Morgan fingerprint density at radius 2 is 1.93 bits per heavy atom. The molecule has 2 saturated heterocycles. The summed E-state index contributed by atoms with van der Waals surface area (Å²) in [5, 5.41) is 3.28. The molecule has 0 aliphatic carbocycles. The van der Waals surface area contributed by atoms with Crippen LogP contribution >= 0.6 is 0 Å². The van der Waals surface area contributed by atoms with E-state index in [0.29, 0.717) is 6.04 Å². The predicted octanol–water partition coefficient (Wildman–Crippen LogP) is 1.10. The van der Waals surface area contributed by atoms with E-state index >= 15 is 0 Å². The third-order valence-corrected chi connectivity index (χ3v) is 2.90. The number of hydrogen-bond donors (Lipinski definition) is 1. The molecule has 2 heterocycles. The molecule has 0 atom stereocenters. The predicted molar refractivity (Wildman–Crippen MR) is 59.6 cm³/mol. The Bertz CT molecular complexity index is 167. The van der Waals surface area contributed by atoms with Crippen LogP contribution in [0.1, 0.15) is 27.7 Å². The Balaban J connectivity index is 0.000000461. The van der Waals surface area contributed by atoms with E-state index < -0.39 is 0 Å². The fraction of sp³-hybridized carbons (Fsp3) is 1.00. The zero-order valence-electron chi connectivity index (χ0n) is 9.97. The van der Waals surface area contributed by atoms with Crippen molar-refractivity contribution >= 4 is 0 Å². The molecule has 2 rings (SSSR count). The first-order valence-electron chi connectivity index (χ1n) is 5.81. The summed E-state index contributed by atoms with van der Waals surface area (Å²) in [6.45, 7) is 13.7. The summed E-state index contributed by atoms with van der Waals surface area (Å²) >= 11 is 0. The molecular weight excluding hydrogens is 176 g/mol. The molecule has 0 unspecified atom stereocenters. The monoisotopic (exact) mass is 200 g/mol. The number of ether oxygens (including phenoxy) is 1. The summed E-state index contributed by atoms with van der Waals surface area (Å²) in [5.74, 6) is 0. The van der Waals surface area contributed by atoms with Crippen molar-refractivity contribution in [3.05, 3.63) is 0 Å². The lowest BCUT2D eigenvalue weighted by Gasteiger charge is -2.49. The molecule has 3 nitrogen and oxygen atoms in total. The van der Waals surface area contributed by atoms with Crippen LogP contribution in [-0.4, -0.2) is 49.3 Å².